The van der Waals surface area contributed by atoms with E-state index in [1.165, 1.54) is 11.3 Å². The van der Waals surface area contributed by atoms with Crippen molar-refractivity contribution in [3.8, 4) is 23.2 Å². The van der Waals surface area contributed by atoms with Crippen LogP contribution in [0.2, 0.25) is 0 Å². The Kier molecular flexibility index (Phi) is 4.55. The zero-order valence-corrected chi connectivity index (χ0v) is 16.2. The molecule has 0 unspecified atom stereocenters. The van der Waals surface area contributed by atoms with Gasteiger partial charge < -0.3 is 15.4 Å². The smallest absolute Gasteiger partial charge is 0.163 e. The van der Waals surface area contributed by atoms with E-state index < -0.39 is 0 Å². The molecule has 0 radical (unpaired) electrons. The van der Waals surface area contributed by atoms with Crippen molar-refractivity contribution in [2.75, 3.05) is 24.8 Å². The third-order valence-corrected chi connectivity index (χ3v) is 5.54. The summed E-state index contributed by atoms with van der Waals surface area (Å²) in [5.74, 6) is 1.73. The van der Waals surface area contributed by atoms with Gasteiger partial charge in [-0.1, -0.05) is 29.5 Å². The minimum atomic E-state index is 0.420. The minimum Gasteiger partial charge on any atom is -0.497 e. The number of nitriles is 1. The Labute approximate surface area is 166 Å². The molecule has 2 aromatic carbocycles. The summed E-state index contributed by atoms with van der Waals surface area (Å²) in [6, 6.07) is 19.2. The van der Waals surface area contributed by atoms with Crippen LogP contribution in [-0.2, 0) is 0 Å². The Balaban J connectivity index is 1.76. The van der Waals surface area contributed by atoms with E-state index in [1.807, 2.05) is 49.5 Å². The van der Waals surface area contributed by atoms with Crippen molar-refractivity contribution >= 4 is 38.1 Å². The zero-order valence-electron chi connectivity index (χ0n) is 15.4. The molecule has 138 valence electrons. The zero-order chi connectivity index (χ0) is 19.7. The molecule has 0 aliphatic heterocycles. The number of thiophene rings is 1. The number of anilines is 3. The van der Waals surface area contributed by atoms with Gasteiger partial charge in [0.2, 0.25) is 0 Å². The van der Waals surface area contributed by atoms with E-state index in [-0.39, 0.29) is 0 Å². The molecule has 0 aliphatic rings. The normalized spacial score (nSPS) is 10.6. The summed E-state index contributed by atoms with van der Waals surface area (Å²) in [4.78, 5) is 12.0. The fourth-order valence-electron chi connectivity index (χ4n) is 2.90. The predicted octanol–water partition coefficient (Wildman–Crippen LogP) is 4.59. The molecule has 4 rings (SSSR count). The van der Waals surface area contributed by atoms with E-state index in [2.05, 4.69) is 20.9 Å². The maximum Gasteiger partial charge on any atom is 0.163 e. The number of nitrogen functional groups attached to an aromatic ring is 1. The molecular weight excluding hydrogens is 370 g/mol. The molecule has 0 aliphatic carbocycles. The molecule has 6 nitrogen and oxygen atoms in total. The maximum absolute atomic E-state index is 9.12. The van der Waals surface area contributed by atoms with Gasteiger partial charge >= 0.3 is 0 Å². The lowest BCUT2D eigenvalue weighted by molar-refractivity contribution is 0.415. The minimum absolute atomic E-state index is 0.420. The lowest BCUT2D eigenvalue weighted by Gasteiger charge is -2.17. The Morgan fingerprint density at radius 2 is 1.93 bits per heavy atom. The van der Waals surface area contributed by atoms with Crippen LogP contribution >= 0.6 is 11.3 Å². The van der Waals surface area contributed by atoms with Crippen molar-refractivity contribution in [3.63, 3.8) is 0 Å². The molecule has 2 aromatic heterocycles. The lowest BCUT2D eigenvalue weighted by Crippen LogP contribution is -2.07. The molecule has 28 heavy (non-hydrogen) atoms. The largest absolute Gasteiger partial charge is 0.497 e. The number of fused-ring (bicyclic) bond motifs is 1. The Hall–Kier alpha value is -3.63. The quantitative estimate of drug-likeness (QED) is 0.551. The number of nitrogens with two attached hydrogens (primary N) is 1. The fourth-order valence-corrected chi connectivity index (χ4v) is 3.92. The molecule has 0 atom stereocenters. The monoisotopic (exact) mass is 387 g/mol. The number of methoxy groups -OCH3 is 1. The van der Waals surface area contributed by atoms with Crippen molar-refractivity contribution < 1.29 is 4.74 Å². The Morgan fingerprint density at radius 3 is 2.71 bits per heavy atom. The summed E-state index contributed by atoms with van der Waals surface area (Å²) in [6.45, 7) is 0. The predicted molar refractivity (Wildman–Crippen MR) is 113 cm³/mol. The van der Waals surface area contributed by atoms with Gasteiger partial charge in [0.1, 0.15) is 16.4 Å². The number of rotatable bonds is 4. The SMILES string of the molecule is COc1cccc(N(C)c2cc3c(N)nc(-c4cccc(C#N)c4)nc3s2)c1. The van der Waals surface area contributed by atoms with Gasteiger partial charge in [-0.15, -0.1) is 0 Å². The van der Waals surface area contributed by atoms with Crippen LogP contribution in [0.3, 0.4) is 0 Å². The molecule has 2 N–H and O–H groups in total. The van der Waals surface area contributed by atoms with Gasteiger partial charge in [0.25, 0.3) is 0 Å². The molecule has 2 heterocycles. The topological polar surface area (TPSA) is 88.1 Å². The highest BCUT2D eigenvalue weighted by Gasteiger charge is 2.15. The summed E-state index contributed by atoms with van der Waals surface area (Å²) in [6.07, 6.45) is 0. The summed E-state index contributed by atoms with van der Waals surface area (Å²) in [5, 5.41) is 10.9. The third-order valence-electron chi connectivity index (χ3n) is 4.43. The maximum atomic E-state index is 9.12. The standard InChI is InChI=1S/C21H17N5OS/c1-26(15-7-4-8-16(10-15)27-2)18-11-17-19(23)24-20(25-21(17)28-18)14-6-3-5-13(9-14)12-22/h3-11H,1-2H3,(H2,23,24,25). The number of hydrogen-bond donors (Lipinski definition) is 1. The van der Waals surface area contributed by atoms with Crippen LogP contribution in [-0.4, -0.2) is 24.1 Å². The van der Waals surface area contributed by atoms with Crippen LogP contribution < -0.4 is 15.4 Å². The van der Waals surface area contributed by atoms with E-state index in [9.17, 15) is 0 Å². The van der Waals surface area contributed by atoms with E-state index >= 15 is 0 Å². The van der Waals surface area contributed by atoms with Gasteiger partial charge in [-0.2, -0.15) is 5.26 Å². The van der Waals surface area contributed by atoms with Crippen molar-refractivity contribution in [3.05, 3.63) is 60.2 Å². The molecule has 0 saturated heterocycles. The first kappa shape index (κ1) is 17.8. The molecule has 0 bridgehead atoms. The molecule has 0 fully saturated rings. The van der Waals surface area contributed by atoms with E-state index in [4.69, 9.17) is 15.7 Å². The van der Waals surface area contributed by atoms with Crippen LogP contribution in [0.5, 0.6) is 5.75 Å². The summed E-state index contributed by atoms with van der Waals surface area (Å²) >= 11 is 1.54. The van der Waals surface area contributed by atoms with Crippen molar-refractivity contribution in [2.45, 2.75) is 0 Å². The van der Waals surface area contributed by atoms with Gasteiger partial charge in [0.05, 0.1) is 29.1 Å². The van der Waals surface area contributed by atoms with Crippen LogP contribution in [0.25, 0.3) is 21.6 Å². The van der Waals surface area contributed by atoms with Crippen LogP contribution in [0, 0.1) is 11.3 Å². The second-order valence-corrected chi connectivity index (χ2v) is 7.20. The molecule has 4 aromatic rings. The molecule has 7 heteroatoms. The molecule has 0 spiro atoms. The second kappa shape index (κ2) is 7.18. The molecule has 0 amide bonds. The number of aromatic nitrogens is 2. The van der Waals surface area contributed by atoms with Crippen LogP contribution in [0.4, 0.5) is 16.5 Å². The van der Waals surface area contributed by atoms with Gasteiger partial charge in [0, 0.05) is 24.4 Å². The summed E-state index contributed by atoms with van der Waals surface area (Å²) in [7, 11) is 3.64. The first-order valence-corrected chi connectivity index (χ1v) is 9.36. The van der Waals surface area contributed by atoms with Crippen molar-refractivity contribution in [1.82, 2.24) is 9.97 Å². The first-order chi connectivity index (χ1) is 13.6. The van der Waals surface area contributed by atoms with Gasteiger partial charge in [-0.25, -0.2) is 9.97 Å². The highest BCUT2D eigenvalue weighted by molar-refractivity contribution is 7.22. The highest BCUT2D eigenvalue weighted by Crippen LogP contribution is 2.38. The van der Waals surface area contributed by atoms with Gasteiger partial charge in [0.15, 0.2) is 5.82 Å². The third kappa shape index (κ3) is 3.21. The molecule has 0 saturated carbocycles. The average Bonchev–Trinajstić information content (AvgIpc) is 3.18. The van der Waals surface area contributed by atoms with Crippen LogP contribution in [0.15, 0.2) is 54.6 Å². The van der Waals surface area contributed by atoms with E-state index in [0.717, 1.165) is 32.2 Å². The summed E-state index contributed by atoms with van der Waals surface area (Å²) in [5.41, 5.74) is 8.54. The van der Waals surface area contributed by atoms with E-state index in [0.29, 0.717) is 17.2 Å². The molecular formula is C21H17N5OS. The lowest BCUT2D eigenvalue weighted by atomic mass is 10.1. The average molecular weight is 387 g/mol. The Morgan fingerprint density at radius 1 is 1.11 bits per heavy atom. The van der Waals surface area contributed by atoms with Gasteiger partial charge in [-0.05, 0) is 30.3 Å². The number of ether oxygens (including phenoxy) is 1. The number of benzene rings is 2. The highest BCUT2D eigenvalue weighted by atomic mass is 32.1. The fraction of sp³-hybridized carbons (Fsp3) is 0.0952. The first-order valence-electron chi connectivity index (χ1n) is 8.54. The van der Waals surface area contributed by atoms with Gasteiger partial charge in [-0.3, -0.25) is 0 Å². The number of hydrogen-bond acceptors (Lipinski definition) is 7. The van der Waals surface area contributed by atoms with Crippen molar-refractivity contribution in [1.29, 1.82) is 5.26 Å². The van der Waals surface area contributed by atoms with Crippen LogP contribution in [0.1, 0.15) is 5.56 Å². The Bertz CT molecular complexity index is 1210. The summed E-state index contributed by atoms with van der Waals surface area (Å²) < 4.78 is 5.31. The second-order valence-electron chi connectivity index (χ2n) is 6.19. The number of nitrogens with zero attached hydrogens (tertiary/aromatic N) is 4. The van der Waals surface area contributed by atoms with Crippen molar-refractivity contribution in [2.24, 2.45) is 0 Å². The van der Waals surface area contributed by atoms with E-state index in [1.54, 1.807) is 19.2 Å².